The molecule has 1 fully saturated rings. The zero-order valence-corrected chi connectivity index (χ0v) is 15.5. The SMILES string of the molecule is COc1ccc(Cl)cc1C(=O)N1CCCN(C(=O)c2cccs2)CC1. The third-order valence-electron chi connectivity index (χ3n) is 4.19. The van der Waals surface area contributed by atoms with E-state index in [9.17, 15) is 9.59 Å². The molecule has 3 rings (SSSR count). The smallest absolute Gasteiger partial charge is 0.263 e. The van der Waals surface area contributed by atoms with Crippen LogP contribution in [0.25, 0.3) is 0 Å². The van der Waals surface area contributed by atoms with E-state index in [2.05, 4.69) is 0 Å². The maximum Gasteiger partial charge on any atom is 0.263 e. The number of nitrogens with zero attached hydrogens (tertiary/aromatic N) is 2. The van der Waals surface area contributed by atoms with Gasteiger partial charge in [-0.25, -0.2) is 0 Å². The summed E-state index contributed by atoms with van der Waals surface area (Å²) >= 11 is 7.47. The second-order valence-corrected chi connectivity index (χ2v) is 7.14. The van der Waals surface area contributed by atoms with Crippen LogP contribution in [0, 0.1) is 0 Å². The fraction of sp³-hybridized carbons (Fsp3) is 0.333. The average Bonchev–Trinajstić information content (AvgIpc) is 3.05. The van der Waals surface area contributed by atoms with Crippen molar-refractivity contribution in [3.05, 3.63) is 51.2 Å². The van der Waals surface area contributed by atoms with E-state index in [-0.39, 0.29) is 11.8 Å². The molecule has 1 aliphatic rings. The van der Waals surface area contributed by atoms with Gasteiger partial charge in [0.05, 0.1) is 17.6 Å². The summed E-state index contributed by atoms with van der Waals surface area (Å²) < 4.78 is 5.28. The van der Waals surface area contributed by atoms with Crippen molar-refractivity contribution in [3.8, 4) is 5.75 Å². The molecule has 0 atom stereocenters. The molecule has 7 heteroatoms. The molecule has 132 valence electrons. The summed E-state index contributed by atoms with van der Waals surface area (Å²) in [7, 11) is 1.53. The minimum absolute atomic E-state index is 0.0321. The zero-order valence-electron chi connectivity index (χ0n) is 13.9. The molecular formula is C18H19ClN2O3S. The van der Waals surface area contributed by atoms with Gasteiger partial charge in [-0.05, 0) is 36.1 Å². The van der Waals surface area contributed by atoms with E-state index < -0.39 is 0 Å². The van der Waals surface area contributed by atoms with Crippen LogP contribution in [0.4, 0.5) is 0 Å². The summed E-state index contributed by atoms with van der Waals surface area (Å²) in [5.41, 5.74) is 0.452. The van der Waals surface area contributed by atoms with Crippen LogP contribution < -0.4 is 4.74 Å². The van der Waals surface area contributed by atoms with Crippen molar-refractivity contribution in [1.29, 1.82) is 0 Å². The van der Waals surface area contributed by atoms with Gasteiger partial charge in [0, 0.05) is 31.2 Å². The van der Waals surface area contributed by atoms with Crippen LogP contribution in [0.1, 0.15) is 26.5 Å². The minimum atomic E-state index is -0.121. The summed E-state index contributed by atoms with van der Waals surface area (Å²) in [4.78, 5) is 29.7. The number of methoxy groups -OCH3 is 1. The van der Waals surface area contributed by atoms with Gasteiger partial charge in [0.2, 0.25) is 0 Å². The Morgan fingerprint density at radius 2 is 1.80 bits per heavy atom. The van der Waals surface area contributed by atoms with Crippen LogP contribution in [0.5, 0.6) is 5.75 Å². The predicted molar refractivity (Wildman–Crippen MR) is 98.7 cm³/mol. The Morgan fingerprint density at radius 3 is 2.44 bits per heavy atom. The number of hydrogen-bond acceptors (Lipinski definition) is 4. The van der Waals surface area contributed by atoms with Crippen LogP contribution in [-0.4, -0.2) is 54.9 Å². The second-order valence-electron chi connectivity index (χ2n) is 5.76. The predicted octanol–water partition coefficient (Wildman–Crippen LogP) is 3.40. The molecule has 5 nitrogen and oxygen atoms in total. The van der Waals surface area contributed by atoms with Crippen molar-refractivity contribution in [3.63, 3.8) is 0 Å². The molecule has 1 aromatic heterocycles. The number of ether oxygens (including phenoxy) is 1. The Bertz CT molecular complexity index is 764. The highest BCUT2D eigenvalue weighted by atomic mass is 35.5. The van der Waals surface area contributed by atoms with Crippen LogP contribution >= 0.6 is 22.9 Å². The standard InChI is InChI=1S/C18H19ClN2O3S/c1-24-15-6-5-13(19)12-14(15)17(22)20-7-3-8-21(10-9-20)18(23)16-4-2-11-25-16/h2,4-6,11-12H,3,7-10H2,1H3. The van der Waals surface area contributed by atoms with E-state index in [4.69, 9.17) is 16.3 Å². The lowest BCUT2D eigenvalue weighted by molar-refractivity contribution is 0.0719. The summed E-state index contributed by atoms with van der Waals surface area (Å²) in [5.74, 6) is 0.416. The molecule has 1 aliphatic heterocycles. The summed E-state index contributed by atoms with van der Waals surface area (Å²) in [6.07, 6.45) is 0.742. The van der Waals surface area contributed by atoms with E-state index in [0.717, 1.165) is 11.3 Å². The molecule has 0 bridgehead atoms. The van der Waals surface area contributed by atoms with Crippen molar-refractivity contribution >= 4 is 34.8 Å². The molecule has 0 radical (unpaired) electrons. The van der Waals surface area contributed by atoms with E-state index in [1.165, 1.54) is 18.4 Å². The van der Waals surface area contributed by atoms with Crippen LogP contribution in [0.15, 0.2) is 35.7 Å². The third kappa shape index (κ3) is 3.96. The topological polar surface area (TPSA) is 49.9 Å². The highest BCUT2D eigenvalue weighted by Crippen LogP contribution is 2.25. The van der Waals surface area contributed by atoms with E-state index in [0.29, 0.717) is 42.5 Å². The van der Waals surface area contributed by atoms with Gasteiger partial charge in [0.25, 0.3) is 11.8 Å². The van der Waals surface area contributed by atoms with Gasteiger partial charge in [-0.1, -0.05) is 17.7 Å². The first-order valence-electron chi connectivity index (χ1n) is 8.05. The lowest BCUT2D eigenvalue weighted by atomic mass is 10.1. The molecule has 2 aromatic rings. The van der Waals surface area contributed by atoms with Gasteiger partial charge in [0.1, 0.15) is 5.75 Å². The monoisotopic (exact) mass is 378 g/mol. The Kier molecular flexibility index (Phi) is 5.60. The summed E-state index contributed by atoms with van der Waals surface area (Å²) in [6, 6.07) is 8.72. The quantitative estimate of drug-likeness (QED) is 0.822. The fourth-order valence-electron chi connectivity index (χ4n) is 2.90. The Balaban J connectivity index is 1.72. The molecule has 0 spiro atoms. The molecule has 2 amide bonds. The first-order valence-corrected chi connectivity index (χ1v) is 9.31. The first-order chi connectivity index (χ1) is 12.1. The van der Waals surface area contributed by atoms with Crippen molar-refractivity contribution < 1.29 is 14.3 Å². The molecule has 0 unspecified atom stereocenters. The molecular weight excluding hydrogens is 360 g/mol. The maximum absolute atomic E-state index is 12.9. The van der Waals surface area contributed by atoms with Gasteiger partial charge in [0.15, 0.2) is 0 Å². The van der Waals surface area contributed by atoms with Gasteiger partial charge >= 0.3 is 0 Å². The highest BCUT2D eigenvalue weighted by Gasteiger charge is 2.25. The Hall–Kier alpha value is -2.05. The van der Waals surface area contributed by atoms with Gasteiger partial charge in [-0.2, -0.15) is 0 Å². The molecule has 25 heavy (non-hydrogen) atoms. The van der Waals surface area contributed by atoms with Crippen molar-refractivity contribution in [1.82, 2.24) is 9.80 Å². The van der Waals surface area contributed by atoms with Crippen LogP contribution in [0.3, 0.4) is 0 Å². The largest absolute Gasteiger partial charge is 0.496 e. The van der Waals surface area contributed by atoms with E-state index in [1.54, 1.807) is 23.1 Å². The number of carbonyl (C=O) groups excluding carboxylic acids is 2. The fourth-order valence-corrected chi connectivity index (χ4v) is 3.76. The molecule has 1 saturated heterocycles. The van der Waals surface area contributed by atoms with E-state index >= 15 is 0 Å². The average molecular weight is 379 g/mol. The summed E-state index contributed by atoms with van der Waals surface area (Å²) in [6.45, 7) is 2.26. The second kappa shape index (κ2) is 7.89. The number of amides is 2. The number of rotatable bonds is 3. The Morgan fingerprint density at radius 1 is 1.08 bits per heavy atom. The minimum Gasteiger partial charge on any atom is -0.496 e. The van der Waals surface area contributed by atoms with Crippen molar-refractivity contribution in [2.75, 3.05) is 33.3 Å². The van der Waals surface area contributed by atoms with Crippen LogP contribution in [0.2, 0.25) is 5.02 Å². The van der Waals surface area contributed by atoms with Crippen molar-refractivity contribution in [2.45, 2.75) is 6.42 Å². The normalized spacial score (nSPS) is 15.0. The maximum atomic E-state index is 12.9. The summed E-state index contributed by atoms with van der Waals surface area (Å²) in [5, 5.41) is 2.39. The van der Waals surface area contributed by atoms with Gasteiger partial charge < -0.3 is 14.5 Å². The molecule has 1 aromatic carbocycles. The van der Waals surface area contributed by atoms with Crippen LogP contribution in [-0.2, 0) is 0 Å². The van der Waals surface area contributed by atoms with Crippen molar-refractivity contribution in [2.24, 2.45) is 0 Å². The van der Waals surface area contributed by atoms with Gasteiger partial charge in [-0.3, -0.25) is 9.59 Å². The highest BCUT2D eigenvalue weighted by molar-refractivity contribution is 7.12. The molecule has 0 N–H and O–H groups in total. The lowest BCUT2D eigenvalue weighted by Crippen LogP contribution is -2.37. The number of halogens is 1. The molecule has 2 heterocycles. The Labute approximate surface area is 155 Å². The number of benzene rings is 1. The number of carbonyl (C=O) groups is 2. The van der Waals surface area contributed by atoms with E-state index in [1.807, 2.05) is 22.4 Å². The zero-order chi connectivity index (χ0) is 17.8. The third-order valence-corrected chi connectivity index (χ3v) is 5.29. The molecule has 0 saturated carbocycles. The lowest BCUT2D eigenvalue weighted by Gasteiger charge is -2.22. The number of thiophene rings is 1. The number of hydrogen-bond donors (Lipinski definition) is 0. The van der Waals surface area contributed by atoms with Gasteiger partial charge in [-0.15, -0.1) is 11.3 Å². The first kappa shape index (κ1) is 17.8. The molecule has 0 aliphatic carbocycles.